The summed E-state index contributed by atoms with van der Waals surface area (Å²) in [6.45, 7) is 5.72. The third-order valence-corrected chi connectivity index (χ3v) is 3.76. The molecule has 4 nitrogen and oxygen atoms in total. The molecule has 2 N–H and O–H groups in total. The molecule has 110 valence electrons. The van der Waals surface area contributed by atoms with E-state index in [1.54, 1.807) is 0 Å². The van der Waals surface area contributed by atoms with Gasteiger partial charge in [0.25, 0.3) is 0 Å². The Bertz CT molecular complexity index is 459. The minimum Gasteiger partial charge on any atom is -0.348 e. The summed E-state index contributed by atoms with van der Waals surface area (Å²) in [6, 6.07) is 7.68. The van der Waals surface area contributed by atoms with Gasteiger partial charge in [-0.1, -0.05) is 41.9 Å². The third-order valence-electron chi connectivity index (χ3n) is 3.23. The van der Waals surface area contributed by atoms with Crippen LogP contribution >= 0.6 is 15.9 Å². The predicted octanol–water partition coefficient (Wildman–Crippen LogP) is 2.79. The summed E-state index contributed by atoms with van der Waals surface area (Å²) in [4.78, 5) is 23.3. The Hall–Kier alpha value is -1.36. The average Bonchev–Trinajstić information content (AvgIpc) is 2.44. The van der Waals surface area contributed by atoms with Crippen molar-refractivity contribution in [1.82, 2.24) is 10.6 Å². The number of hydrogen-bond acceptors (Lipinski definition) is 2. The van der Waals surface area contributed by atoms with Crippen LogP contribution in [-0.4, -0.2) is 18.4 Å². The molecule has 1 aromatic carbocycles. The molecule has 0 saturated carbocycles. The van der Waals surface area contributed by atoms with E-state index in [-0.39, 0.29) is 30.3 Å². The molecular formula is C15H21BrN2O2. The Morgan fingerprint density at radius 1 is 1.20 bits per heavy atom. The van der Waals surface area contributed by atoms with E-state index in [1.807, 2.05) is 45.0 Å². The van der Waals surface area contributed by atoms with Crippen LogP contribution in [0, 0.1) is 5.92 Å². The van der Waals surface area contributed by atoms with Gasteiger partial charge in [0.05, 0.1) is 12.6 Å². The van der Waals surface area contributed by atoms with E-state index in [2.05, 4.69) is 26.6 Å². The molecule has 2 atom stereocenters. The first-order valence-electron chi connectivity index (χ1n) is 6.76. The lowest BCUT2D eigenvalue weighted by molar-refractivity contribution is -0.128. The minimum absolute atomic E-state index is 0.0179. The highest BCUT2D eigenvalue weighted by atomic mass is 79.9. The number of hydrogen-bond donors (Lipinski definition) is 2. The van der Waals surface area contributed by atoms with Crippen molar-refractivity contribution in [2.45, 2.75) is 33.2 Å². The second-order valence-electron chi connectivity index (χ2n) is 4.87. The van der Waals surface area contributed by atoms with Crippen LogP contribution in [0.25, 0.3) is 0 Å². The molecule has 0 unspecified atom stereocenters. The molecule has 5 heteroatoms. The van der Waals surface area contributed by atoms with Crippen molar-refractivity contribution in [3.8, 4) is 0 Å². The molecule has 0 heterocycles. The Labute approximate surface area is 128 Å². The zero-order valence-corrected chi connectivity index (χ0v) is 13.7. The number of carbonyl (C=O) groups is 2. The van der Waals surface area contributed by atoms with Crippen LogP contribution in [-0.2, 0) is 9.59 Å². The number of halogens is 1. The standard InChI is InChI=1S/C15H21BrN2O2/c1-4-10(2)15(20)17-9-14(19)18-11(3)12-5-7-13(16)8-6-12/h5-8,10-11H,4,9H2,1-3H3,(H,17,20)(H,18,19)/t10-,11-/m0/s1. The van der Waals surface area contributed by atoms with Crippen molar-refractivity contribution in [3.05, 3.63) is 34.3 Å². The second-order valence-corrected chi connectivity index (χ2v) is 5.78. The van der Waals surface area contributed by atoms with Crippen LogP contribution in [0.2, 0.25) is 0 Å². The Morgan fingerprint density at radius 3 is 2.35 bits per heavy atom. The maximum Gasteiger partial charge on any atom is 0.239 e. The molecule has 0 saturated heterocycles. The van der Waals surface area contributed by atoms with E-state index in [0.29, 0.717) is 0 Å². The molecule has 0 aliphatic carbocycles. The molecule has 1 rings (SSSR count). The summed E-state index contributed by atoms with van der Waals surface area (Å²) >= 11 is 3.37. The van der Waals surface area contributed by atoms with Gasteiger partial charge in [-0.05, 0) is 31.0 Å². The summed E-state index contributed by atoms with van der Waals surface area (Å²) in [5.41, 5.74) is 1.02. The van der Waals surface area contributed by atoms with E-state index in [0.717, 1.165) is 16.5 Å². The molecule has 0 radical (unpaired) electrons. The fourth-order valence-corrected chi connectivity index (χ4v) is 1.92. The Morgan fingerprint density at radius 2 is 1.80 bits per heavy atom. The third kappa shape index (κ3) is 5.33. The van der Waals surface area contributed by atoms with Crippen molar-refractivity contribution in [3.63, 3.8) is 0 Å². The molecule has 2 amide bonds. The van der Waals surface area contributed by atoms with Crippen LogP contribution in [0.3, 0.4) is 0 Å². The molecule has 0 aliphatic heterocycles. The average molecular weight is 341 g/mol. The smallest absolute Gasteiger partial charge is 0.239 e. The van der Waals surface area contributed by atoms with Crippen LogP contribution < -0.4 is 10.6 Å². The van der Waals surface area contributed by atoms with Crippen molar-refractivity contribution in [2.24, 2.45) is 5.92 Å². The monoisotopic (exact) mass is 340 g/mol. The molecule has 0 fully saturated rings. The van der Waals surface area contributed by atoms with Crippen LogP contribution in [0.1, 0.15) is 38.8 Å². The fourth-order valence-electron chi connectivity index (χ4n) is 1.65. The SMILES string of the molecule is CC[C@H](C)C(=O)NCC(=O)N[C@@H](C)c1ccc(Br)cc1. The van der Waals surface area contributed by atoms with Gasteiger partial charge in [0.1, 0.15) is 0 Å². The number of benzene rings is 1. The Kier molecular flexibility index (Phi) is 6.71. The van der Waals surface area contributed by atoms with Gasteiger partial charge in [0, 0.05) is 10.4 Å². The normalized spacial score (nSPS) is 13.4. The van der Waals surface area contributed by atoms with Gasteiger partial charge in [-0.15, -0.1) is 0 Å². The molecule has 0 bridgehead atoms. The first-order chi connectivity index (χ1) is 9.43. The lowest BCUT2D eigenvalue weighted by Crippen LogP contribution is -2.39. The van der Waals surface area contributed by atoms with Gasteiger partial charge in [-0.3, -0.25) is 9.59 Å². The quantitative estimate of drug-likeness (QED) is 0.836. The van der Waals surface area contributed by atoms with Crippen LogP contribution in [0.4, 0.5) is 0 Å². The van der Waals surface area contributed by atoms with Crippen LogP contribution in [0.15, 0.2) is 28.7 Å². The second kappa shape index (κ2) is 8.04. The van der Waals surface area contributed by atoms with E-state index < -0.39 is 0 Å². The van der Waals surface area contributed by atoms with Gasteiger partial charge in [-0.2, -0.15) is 0 Å². The van der Waals surface area contributed by atoms with E-state index in [1.165, 1.54) is 0 Å². The largest absolute Gasteiger partial charge is 0.348 e. The highest BCUT2D eigenvalue weighted by molar-refractivity contribution is 9.10. The van der Waals surface area contributed by atoms with Crippen molar-refractivity contribution in [1.29, 1.82) is 0 Å². The maximum absolute atomic E-state index is 11.8. The maximum atomic E-state index is 11.8. The van der Waals surface area contributed by atoms with E-state index in [9.17, 15) is 9.59 Å². The zero-order chi connectivity index (χ0) is 15.1. The number of nitrogens with one attached hydrogen (secondary N) is 2. The van der Waals surface area contributed by atoms with E-state index in [4.69, 9.17) is 0 Å². The lowest BCUT2D eigenvalue weighted by Gasteiger charge is -2.15. The highest BCUT2D eigenvalue weighted by Gasteiger charge is 2.13. The van der Waals surface area contributed by atoms with Gasteiger partial charge in [0.15, 0.2) is 0 Å². The van der Waals surface area contributed by atoms with E-state index >= 15 is 0 Å². The zero-order valence-electron chi connectivity index (χ0n) is 12.1. The van der Waals surface area contributed by atoms with Crippen LogP contribution in [0.5, 0.6) is 0 Å². The summed E-state index contributed by atoms with van der Waals surface area (Å²) in [7, 11) is 0. The number of rotatable bonds is 6. The molecule has 1 aromatic rings. The van der Waals surface area contributed by atoms with Gasteiger partial charge in [-0.25, -0.2) is 0 Å². The van der Waals surface area contributed by atoms with Crippen molar-refractivity contribution < 1.29 is 9.59 Å². The van der Waals surface area contributed by atoms with Gasteiger partial charge >= 0.3 is 0 Å². The highest BCUT2D eigenvalue weighted by Crippen LogP contribution is 2.16. The fraction of sp³-hybridized carbons (Fsp3) is 0.467. The molecule has 0 spiro atoms. The molecule has 0 aliphatic rings. The summed E-state index contributed by atoms with van der Waals surface area (Å²) in [5.74, 6) is -0.331. The number of amides is 2. The topological polar surface area (TPSA) is 58.2 Å². The Balaban J connectivity index is 2.42. The minimum atomic E-state index is -0.183. The van der Waals surface area contributed by atoms with Crippen molar-refractivity contribution in [2.75, 3.05) is 6.54 Å². The number of carbonyl (C=O) groups excluding carboxylic acids is 2. The molecule has 0 aromatic heterocycles. The van der Waals surface area contributed by atoms with Gasteiger partial charge < -0.3 is 10.6 Å². The predicted molar refractivity (Wildman–Crippen MR) is 83.2 cm³/mol. The first-order valence-corrected chi connectivity index (χ1v) is 7.55. The summed E-state index contributed by atoms with van der Waals surface area (Å²) in [5, 5.41) is 5.50. The summed E-state index contributed by atoms with van der Waals surface area (Å²) < 4.78 is 1.00. The van der Waals surface area contributed by atoms with Gasteiger partial charge in [0.2, 0.25) is 11.8 Å². The lowest BCUT2D eigenvalue weighted by atomic mass is 10.1. The molecular weight excluding hydrogens is 320 g/mol. The first kappa shape index (κ1) is 16.7. The molecule has 20 heavy (non-hydrogen) atoms. The van der Waals surface area contributed by atoms with Crippen molar-refractivity contribution >= 4 is 27.7 Å². The summed E-state index contributed by atoms with van der Waals surface area (Å²) in [6.07, 6.45) is 0.767.